The minimum Gasteiger partial charge on any atom is -0.395 e. The molecule has 0 bridgehead atoms. The molecule has 0 spiro atoms. The van der Waals surface area contributed by atoms with Crippen LogP contribution >= 0.6 is 0 Å². The fraction of sp³-hybridized carbons (Fsp3) is 1.00. The van der Waals surface area contributed by atoms with E-state index in [-0.39, 0.29) is 13.2 Å². The van der Waals surface area contributed by atoms with Crippen LogP contribution in [0.2, 0.25) is 0 Å². The molecule has 1 aliphatic rings. The Morgan fingerprint density at radius 2 is 1.50 bits per heavy atom. The quantitative estimate of drug-likeness (QED) is 0.543. The van der Waals surface area contributed by atoms with E-state index in [1.165, 1.54) is 25.9 Å². The van der Waals surface area contributed by atoms with Gasteiger partial charge < -0.3 is 20.0 Å². The number of likely N-dealkylation sites (N-methyl/N-ethyl adjacent to an activating group) is 1. The number of aliphatic hydroxyl groups is 2. The fourth-order valence-corrected chi connectivity index (χ4v) is 2.36. The average Bonchev–Trinajstić information content (AvgIpc) is 2.87. The van der Waals surface area contributed by atoms with Gasteiger partial charge in [-0.15, -0.1) is 0 Å². The van der Waals surface area contributed by atoms with E-state index in [4.69, 9.17) is 10.2 Å². The van der Waals surface area contributed by atoms with Gasteiger partial charge >= 0.3 is 0 Å². The van der Waals surface area contributed by atoms with Gasteiger partial charge in [0.15, 0.2) is 0 Å². The normalized spacial score (nSPS) is 17.2. The van der Waals surface area contributed by atoms with Crippen molar-refractivity contribution in [3.63, 3.8) is 0 Å². The van der Waals surface area contributed by atoms with Crippen molar-refractivity contribution in [2.24, 2.45) is 0 Å². The summed E-state index contributed by atoms with van der Waals surface area (Å²) in [5.74, 6) is 0. The lowest BCUT2D eigenvalue weighted by Gasteiger charge is -2.25. The Balaban J connectivity index is 2.07. The highest BCUT2D eigenvalue weighted by atomic mass is 16.3. The van der Waals surface area contributed by atoms with Crippen molar-refractivity contribution in [3.05, 3.63) is 0 Å². The molecule has 0 saturated carbocycles. The van der Waals surface area contributed by atoms with Crippen molar-refractivity contribution in [1.82, 2.24) is 14.7 Å². The highest BCUT2D eigenvalue weighted by Crippen LogP contribution is 2.06. The first-order chi connectivity index (χ1) is 8.76. The lowest BCUT2D eigenvalue weighted by molar-refractivity contribution is 0.145. The van der Waals surface area contributed by atoms with Crippen molar-refractivity contribution in [2.45, 2.75) is 12.8 Å². The van der Waals surface area contributed by atoms with Gasteiger partial charge in [-0.3, -0.25) is 4.90 Å². The predicted octanol–water partition coefficient (Wildman–Crippen LogP) is -0.699. The van der Waals surface area contributed by atoms with Gasteiger partial charge in [-0.25, -0.2) is 0 Å². The molecule has 0 radical (unpaired) electrons. The molecule has 108 valence electrons. The van der Waals surface area contributed by atoms with Crippen LogP contribution in [-0.4, -0.2) is 97.5 Å². The summed E-state index contributed by atoms with van der Waals surface area (Å²) in [6, 6.07) is 0. The molecule has 0 aromatic rings. The molecular formula is C13H29N3O2. The highest BCUT2D eigenvalue weighted by molar-refractivity contribution is 4.68. The van der Waals surface area contributed by atoms with Gasteiger partial charge in [-0.2, -0.15) is 0 Å². The summed E-state index contributed by atoms with van der Waals surface area (Å²) >= 11 is 0. The topological polar surface area (TPSA) is 50.2 Å². The van der Waals surface area contributed by atoms with Crippen molar-refractivity contribution >= 4 is 0 Å². The van der Waals surface area contributed by atoms with Crippen molar-refractivity contribution in [1.29, 1.82) is 0 Å². The van der Waals surface area contributed by atoms with Crippen molar-refractivity contribution < 1.29 is 10.2 Å². The molecular weight excluding hydrogens is 230 g/mol. The number of hydrogen-bond donors (Lipinski definition) is 2. The van der Waals surface area contributed by atoms with Gasteiger partial charge in [0.1, 0.15) is 0 Å². The smallest absolute Gasteiger partial charge is 0.0558 e. The van der Waals surface area contributed by atoms with Gasteiger partial charge in [0.05, 0.1) is 13.2 Å². The molecule has 0 aromatic carbocycles. The second-order valence-corrected chi connectivity index (χ2v) is 5.14. The molecule has 2 N–H and O–H groups in total. The van der Waals surface area contributed by atoms with E-state index < -0.39 is 0 Å². The van der Waals surface area contributed by atoms with Crippen LogP contribution in [-0.2, 0) is 0 Å². The zero-order chi connectivity index (χ0) is 13.2. The third-order valence-electron chi connectivity index (χ3n) is 3.63. The minimum atomic E-state index is 0.164. The van der Waals surface area contributed by atoms with E-state index >= 15 is 0 Å². The first kappa shape index (κ1) is 15.9. The summed E-state index contributed by atoms with van der Waals surface area (Å²) in [6.07, 6.45) is 2.70. The highest BCUT2D eigenvalue weighted by Gasteiger charge is 2.12. The largest absolute Gasteiger partial charge is 0.395 e. The second kappa shape index (κ2) is 9.69. The Morgan fingerprint density at radius 1 is 0.889 bits per heavy atom. The molecule has 1 saturated heterocycles. The van der Waals surface area contributed by atoms with Gasteiger partial charge in [-0.05, 0) is 33.0 Å². The van der Waals surface area contributed by atoms with E-state index in [2.05, 4.69) is 21.7 Å². The van der Waals surface area contributed by atoms with E-state index in [1.54, 1.807) is 0 Å². The number of rotatable bonds is 10. The summed E-state index contributed by atoms with van der Waals surface area (Å²) in [6.45, 7) is 8.33. The lowest BCUT2D eigenvalue weighted by Crippen LogP contribution is -2.39. The second-order valence-electron chi connectivity index (χ2n) is 5.14. The first-order valence-corrected chi connectivity index (χ1v) is 7.11. The van der Waals surface area contributed by atoms with Crippen LogP contribution in [0.15, 0.2) is 0 Å². The van der Waals surface area contributed by atoms with Crippen LogP contribution in [0.4, 0.5) is 0 Å². The minimum absolute atomic E-state index is 0.164. The van der Waals surface area contributed by atoms with E-state index in [9.17, 15) is 0 Å². The molecule has 5 heteroatoms. The van der Waals surface area contributed by atoms with Crippen LogP contribution < -0.4 is 0 Å². The van der Waals surface area contributed by atoms with Crippen LogP contribution in [0.1, 0.15) is 12.8 Å². The maximum atomic E-state index is 8.93. The molecule has 1 rings (SSSR count). The van der Waals surface area contributed by atoms with Crippen LogP contribution in [0.5, 0.6) is 0 Å². The maximum Gasteiger partial charge on any atom is 0.0558 e. The predicted molar refractivity (Wildman–Crippen MR) is 73.8 cm³/mol. The van der Waals surface area contributed by atoms with Crippen LogP contribution in [0, 0.1) is 0 Å². The first-order valence-electron chi connectivity index (χ1n) is 7.11. The zero-order valence-corrected chi connectivity index (χ0v) is 11.7. The Labute approximate surface area is 111 Å². The number of likely N-dealkylation sites (tertiary alicyclic amines) is 1. The molecule has 0 aromatic heterocycles. The third-order valence-corrected chi connectivity index (χ3v) is 3.63. The van der Waals surface area contributed by atoms with Gasteiger partial charge in [0.2, 0.25) is 0 Å². The molecule has 1 aliphatic heterocycles. The lowest BCUT2D eigenvalue weighted by atomic mass is 10.4. The fourth-order valence-electron chi connectivity index (χ4n) is 2.36. The number of nitrogens with zero attached hydrogens (tertiary/aromatic N) is 3. The summed E-state index contributed by atoms with van der Waals surface area (Å²) < 4.78 is 0. The van der Waals surface area contributed by atoms with Gasteiger partial charge in [0.25, 0.3) is 0 Å². The Hall–Kier alpha value is -0.200. The molecule has 0 amide bonds. The molecule has 0 atom stereocenters. The Bertz CT molecular complexity index is 193. The van der Waals surface area contributed by atoms with Crippen LogP contribution in [0.3, 0.4) is 0 Å². The number of hydrogen-bond acceptors (Lipinski definition) is 5. The third kappa shape index (κ3) is 6.66. The standard InChI is InChI=1S/C13H29N3O2/c1-14(6-8-15-4-2-3-5-15)7-9-16(10-12-17)11-13-18/h17-18H,2-13H2,1H3. The van der Waals surface area contributed by atoms with E-state index in [0.717, 1.165) is 26.2 Å². The molecule has 0 unspecified atom stereocenters. The summed E-state index contributed by atoms with van der Waals surface area (Å²) in [7, 11) is 2.14. The van der Waals surface area contributed by atoms with Crippen molar-refractivity contribution in [3.8, 4) is 0 Å². The average molecular weight is 259 g/mol. The molecule has 1 fully saturated rings. The summed E-state index contributed by atoms with van der Waals surface area (Å²) in [5.41, 5.74) is 0. The van der Waals surface area contributed by atoms with Crippen molar-refractivity contribution in [2.75, 3.05) is 72.6 Å². The molecule has 1 heterocycles. The van der Waals surface area contributed by atoms with E-state index in [0.29, 0.717) is 13.1 Å². The van der Waals surface area contributed by atoms with Gasteiger partial charge in [-0.1, -0.05) is 0 Å². The maximum absolute atomic E-state index is 8.93. The monoisotopic (exact) mass is 259 g/mol. The summed E-state index contributed by atoms with van der Waals surface area (Å²) in [4.78, 5) is 6.96. The Morgan fingerprint density at radius 3 is 2.06 bits per heavy atom. The number of aliphatic hydroxyl groups excluding tert-OH is 2. The van der Waals surface area contributed by atoms with Crippen LogP contribution in [0.25, 0.3) is 0 Å². The summed E-state index contributed by atoms with van der Waals surface area (Å²) in [5, 5.41) is 17.9. The SMILES string of the molecule is CN(CCN(CCO)CCO)CCN1CCCC1. The Kier molecular flexibility index (Phi) is 8.54. The zero-order valence-electron chi connectivity index (χ0n) is 11.7. The van der Waals surface area contributed by atoms with Gasteiger partial charge in [0, 0.05) is 39.3 Å². The molecule has 0 aliphatic carbocycles. The molecule has 18 heavy (non-hydrogen) atoms. The van der Waals surface area contributed by atoms with E-state index in [1.807, 2.05) is 0 Å². The molecule has 5 nitrogen and oxygen atoms in total.